The third-order valence-corrected chi connectivity index (χ3v) is 5.55. The largest absolute Gasteiger partial charge is 0.381 e. The summed E-state index contributed by atoms with van der Waals surface area (Å²) in [4.78, 5) is 17.0. The Kier molecular flexibility index (Phi) is 6.32. The first kappa shape index (κ1) is 18.2. The van der Waals surface area contributed by atoms with Crippen LogP contribution in [0.3, 0.4) is 0 Å². The molecule has 138 valence electrons. The molecular weight excluding hydrogens is 314 g/mol. The summed E-state index contributed by atoms with van der Waals surface area (Å²) in [6.07, 6.45) is 3.55. The molecular formula is C20H31N3O2. The van der Waals surface area contributed by atoms with Gasteiger partial charge in [-0.15, -0.1) is 0 Å². The molecule has 1 atom stereocenters. The van der Waals surface area contributed by atoms with E-state index in [9.17, 15) is 4.79 Å². The van der Waals surface area contributed by atoms with E-state index in [0.717, 1.165) is 52.0 Å². The monoisotopic (exact) mass is 345 g/mol. The van der Waals surface area contributed by atoms with Crippen LogP contribution < -0.4 is 10.2 Å². The zero-order chi connectivity index (χ0) is 17.6. The zero-order valence-corrected chi connectivity index (χ0v) is 15.5. The van der Waals surface area contributed by atoms with Crippen LogP contribution in [0.2, 0.25) is 0 Å². The van der Waals surface area contributed by atoms with Crippen LogP contribution in [-0.2, 0) is 16.1 Å². The van der Waals surface area contributed by atoms with Crippen molar-refractivity contribution in [2.24, 2.45) is 5.92 Å². The molecule has 0 saturated carbocycles. The van der Waals surface area contributed by atoms with Gasteiger partial charge < -0.3 is 19.9 Å². The van der Waals surface area contributed by atoms with Gasteiger partial charge in [0.1, 0.15) is 0 Å². The molecule has 25 heavy (non-hydrogen) atoms. The lowest BCUT2D eigenvalue weighted by atomic mass is 10.1. The fourth-order valence-electron chi connectivity index (χ4n) is 3.85. The first-order valence-electron chi connectivity index (χ1n) is 9.57. The Bertz CT molecular complexity index is 547. The maximum Gasteiger partial charge on any atom is 0.227 e. The van der Waals surface area contributed by atoms with Crippen molar-refractivity contribution < 1.29 is 9.53 Å². The topological polar surface area (TPSA) is 44.8 Å². The lowest BCUT2D eigenvalue weighted by molar-refractivity contribution is -0.135. The number of nitrogens with zero attached hydrogens (tertiary/aromatic N) is 2. The maximum absolute atomic E-state index is 12.6. The second-order valence-corrected chi connectivity index (χ2v) is 7.13. The van der Waals surface area contributed by atoms with Gasteiger partial charge in [0.15, 0.2) is 0 Å². The number of anilines is 1. The number of hydrogen-bond donors (Lipinski definition) is 1. The minimum absolute atomic E-state index is 0.154. The van der Waals surface area contributed by atoms with Gasteiger partial charge in [-0.25, -0.2) is 0 Å². The molecule has 0 radical (unpaired) electrons. The number of carbonyl (C=O) groups excluding carboxylic acids is 1. The molecule has 0 aliphatic carbocycles. The number of hydrogen-bond acceptors (Lipinski definition) is 4. The van der Waals surface area contributed by atoms with Gasteiger partial charge in [0.2, 0.25) is 5.91 Å². The summed E-state index contributed by atoms with van der Waals surface area (Å²) in [7, 11) is 1.80. The Morgan fingerprint density at radius 1 is 1.24 bits per heavy atom. The predicted octanol–water partition coefficient (Wildman–Crippen LogP) is 2.26. The molecule has 2 aliphatic heterocycles. The van der Waals surface area contributed by atoms with Gasteiger partial charge in [0, 0.05) is 45.5 Å². The molecule has 0 spiro atoms. The molecule has 2 aliphatic rings. The van der Waals surface area contributed by atoms with Crippen LogP contribution in [0.15, 0.2) is 24.3 Å². The number of rotatable bonds is 6. The second-order valence-electron chi connectivity index (χ2n) is 7.13. The van der Waals surface area contributed by atoms with Crippen LogP contribution in [0.5, 0.6) is 0 Å². The molecule has 1 aromatic rings. The Hall–Kier alpha value is -1.59. The van der Waals surface area contributed by atoms with Gasteiger partial charge in [-0.1, -0.05) is 12.1 Å². The van der Waals surface area contributed by atoms with Crippen LogP contribution in [0, 0.1) is 5.92 Å². The van der Waals surface area contributed by atoms with E-state index in [4.69, 9.17) is 4.74 Å². The van der Waals surface area contributed by atoms with E-state index in [1.165, 1.54) is 11.3 Å². The lowest BCUT2D eigenvalue weighted by Crippen LogP contribution is -2.37. The first-order valence-corrected chi connectivity index (χ1v) is 9.57. The summed E-state index contributed by atoms with van der Waals surface area (Å²) in [5, 5.41) is 3.29. The summed E-state index contributed by atoms with van der Waals surface area (Å²) >= 11 is 0. The number of ether oxygens (including phenoxy) is 1. The number of amides is 1. The molecule has 0 bridgehead atoms. The fraction of sp³-hybridized carbons (Fsp3) is 0.650. The third kappa shape index (κ3) is 4.53. The van der Waals surface area contributed by atoms with Crippen molar-refractivity contribution in [3.8, 4) is 0 Å². The zero-order valence-electron chi connectivity index (χ0n) is 15.5. The summed E-state index contributed by atoms with van der Waals surface area (Å²) in [6, 6.07) is 8.72. The minimum Gasteiger partial charge on any atom is -0.381 e. The highest BCUT2D eigenvalue weighted by molar-refractivity contribution is 5.79. The van der Waals surface area contributed by atoms with E-state index >= 15 is 0 Å². The van der Waals surface area contributed by atoms with Crippen molar-refractivity contribution in [1.82, 2.24) is 10.2 Å². The van der Waals surface area contributed by atoms with Gasteiger partial charge in [0.05, 0.1) is 12.0 Å². The minimum atomic E-state index is 0.154. The standard InChI is InChI=1S/C20H31N3O2/c1-3-22(20(24)17-8-11-21-14-17)15-16-4-6-18(7-5-16)23-12-9-19(25-2)10-13-23/h4-7,17,19,21H,3,8-15H2,1-2H3. The fourth-order valence-corrected chi connectivity index (χ4v) is 3.85. The van der Waals surface area contributed by atoms with Crippen molar-refractivity contribution in [1.29, 1.82) is 0 Å². The SMILES string of the molecule is CCN(Cc1ccc(N2CCC(OC)CC2)cc1)C(=O)C1CCNC1. The van der Waals surface area contributed by atoms with Crippen molar-refractivity contribution in [2.75, 3.05) is 44.7 Å². The average molecular weight is 345 g/mol. The van der Waals surface area contributed by atoms with Gasteiger partial charge in [0.25, 0.3) is 0 Å². The number of piperidine rings is 1. The second kappa shape index (κ2) is 8.68. The van der Waals surface area contributed by atoms with Crippen LogP contribution in [-0.4, -0.2) is 56.7 Å². The molecule has 2 heterocycles. The van der Waals surface area contributed by atoms with Gasteiger partial charge in [-0.3, -0.25) is 4.79 Å². The number of carbonyl (C=O) groups is 1. The van der Waals surface area contributed by atoms with E-state index in [0.29, 0.717) is 18.6 Å². The molecule has 1 amide bonds. The Balaban J connectivity index is 1.57. The van der Waals surface area contributed by atoms with Crippen LogP contribution in [0.25, 0.3) is 0 Å². The maximum atomic E-state index is 12.6. The number of nitrogens with one attached hydrogen (secondary N) is 1. The predicted molar refractivity (Wildman–Crippen MR) is 101 cm³/mol. The van der Waals surface area contributed by atoms with E-state index < -0.39 is 0 Å². The van der Waals surface area contributed by atoms with Crippen molar-refractivity contribution in [3.05, 3.63) is 29.8 Å². The molecule has 5 heteroatoms. The van der Waals surface area contributed by atoms with E-state index in [1.807, 2.05) is 4.90 Å². The first-order chi connectivity index (χ1) is 12.2. The van der Waals surface area contributed by atoms with E-state index in [2.05, 4.69) is 41.4 Å². The number of methoxy groups -OCH3 is 1. The van der Waals surface area contributed by atoms with E-state index in [-0.39, 0.29) is 5.92 Å². The molecule has 3 rings (SSSR count). The quantitative estimate of drug-likeness (QED) is 0.859. The molecule has 1 N–H and O–H groups in total. The Morgan fingerprint density at radius 2 is 1.96 bits per heavy atom. The van der Waals surface area contributed by atoms with Gasteiger partial charge in [-0.05, 0) is 50.4 Å². The van der Waals surface area contributed by atoms with Crippen molar-refractivity contribution in [3.63, 3.8) is 0 Å². The molecule has 2 fully saturated rings. The highest BCUT2D eigenvalue weighted by Crippen LogP contribution is 2.22. The lowest BCUT2D eigenvalue weighted by Gasteiger charge is -2.33. The summed E-state index contributed by atoms with van der Waals surface area (Å²) < 4.78 is 5.45. The molecule has 0 aromatic heterocycles. The highest BCUT2D eigenvalue weighted by atomic mass is 16.5. The average Bonchev–Trinajstić information content (AvgIpc) is 3.21. The smallest absolute Gasteiger partial charge is 0.227 e. The third-order valence-electron chi connectivity index (χ3n) is 5.55. The van der Waals surface area contributed by atoms with Gasteiger partial charge >= 0.3 is 0 Å². The highest BCUT2D eigenvalue weighted by Gasteiger charge is 2.26. The molecule has 5 nitrogen and oxygen atoms in total. The molecule has 2 saturated heterocycles. The summed E-state index contributed by atoms with van der Waals surface area (Å²) in [5.41, 5.74) is 2.48. The van der Waals surface area contributed by atoms with Crippen molar-refractivity contribution >= 4 is 11.6 Å². The Morgan fingerprint density at radius 3 is 2.52 bits per heavy atom. The molecule has 1 aromatic carbocycles. The summed E-state index contributed by atoms with van der Waals surface area (Å²) in [5.74, 6) is 0.444. The Labute approximate surface area is 151 Å². The van der Waals surface area contributed by atoms with Crippen LogP contribution in [0.1, 0.15) is 31.7 Å². The van der Waals surface area contributed by atoms with Crippen LogP contribution >= 0.6 is 0 Å². The van der Waals surface area contributed by atoms with Crippen LogP contribution in [0.4, 0.5) is 5.69 Å². The van der Waals surface area contributed by atoms with Gasteiger partial charge in [-0.2, -0.15) is 0 Å². The van der Waals surface area contributed by atoms with Crippen molar-refractivity contribution in [2.45, 2.75) is 38.8 Å². The molecule has 1 unspecified atom stereocenters. The van der Waals surface area contributed by atoms with E-state index in [1.54, 1.807) is 7.11 Å². The number of benzene rings is 1. The normalized spacial score (nSPS) is 21.5. The summed E-state index contributed by atoms with van der Waals surface area (Å²) in [6.45, 7) is 7.42.